The predicted molar refractivity (Wildman–Crippen MR) is 57.2 cm³/mol. The van der Waals surface area contributed by atoms with Gasteiger partial charge in [-0.25, -0.2) is 0 Å². The summed E-state index contributed by atoms with van der Waals surface area (Å²) in [7, 11) is 0. The first kappa shape index (κ1) is 11.0. The third-order valence-electron chi connectivity index (χ3n) is 2.78. The summed E-state index contributed by atoms with van der Waals surface area (Å²) in [5.74, 6) is 0. The van der Waals surface area contributed by atoms with Crippen molar-refractivity contribution in [2.75, 3.05) is 6.61 Å². The number of nitro benzene ring substituents is 1. The van der Waals surface area contributed by atoms with Crippen LogP contribution in [0.5, 0.6) is 0 Å². The lowest BCUT2D eigenvalue weighted by molar-refractivity contribution is -0.384. The molecule has 0 aliphatic carbocycles. The van der Waals surface area contributed by atoms with Gasteiger partial charge in [0.2, 0.25) is 0 Å². The van der Waals surface area contributed by atoms with Gasteiger partial charge in [0.05, 0.1) is 11.0 Å². The van der Waals surface area contributed by atoms with Crippen LogP contribution in [0.25, 0.3) is 0 Å². The molecule has 1 saturated heterocycles. The molecule has 1 aliphatic rings. The van der Waals surface area contributed by atoms with Gasteiger partial charge in [0, 0.05) is 18.7 Å². The number of benzene rings is 1. The molecule has 0 aromatic heterocycles. The van der Waals surface area contributed by atoms with Crippen LogP contribution in [0.1, 0.15) is 23.7 Å². The molecule has 0 spiro atoms. The second kappa shape index (κ2) is 4.19. The topological polar surface area (TPSA) is 75.9 Å². The summed E-state index contributed by atoms with van der Waals surface area (Å²) in [6.07, 6.45) is 0.491. The van der Waals surface area contributed by atoms with Crippen molar-refractivity contribution in [3.63, 3.8) is 0 Å². The highest BCUT2D eigenvalue weighted by Gasteiger charge is 2.40. The quantitative estimate of drug-likeness (QED) is 0.479. The molecular weight excluding hydrogens is 210 g/mol. The number of rotatable bonds is 4. The number of nitro groups is 1. The molecule has 2 atom stereocenters. The molecule has 16 heavy (non-hydrogen) atoms. The van der Waals surface area contributed by atoms with Crippen LogP contribution in [-0.2, 0) is 4.74 Å². The maximum Gasteiger partial charge on any atom is 0.269 e. The van der Waals surface area contributed by atoms with Gasteiger partial charge >= 0.3 is 0 Å². The van der Waals surface area contributed by atoms with Crippen LogP contribution in [0.4, 0.5) is 5.69 Å². The van der Waals surface area contributed by atoms with E-state index in [9.17, 15) is 10.1 Å². The van der Waals surface area contributed by atoms with Crippen molar-refractivity contribution < 1.29 is 14.8 Å². The first-order chi connectivity index (χ1) is 7.63. The Labute approximate surface area is 92.8 Å². The molecule has 1 fully saturated rings. The van der Waals surface area contributed by atoms with Crippen molar-refractivity contribution in [1.82, 2.24) is 0 Å². The number of hydrogen-bond donors (Lipinski definition) is 1. The van der Waals surface area contributed by atoms with Gasteiger partial charge in [-0.15, -0.1) is 0 Å². The molecule has 0 radical (unpaired) electrons. The number of nitrogens with zero attached hydrogens (tertiary/aromatic N) is 1. The van der Waals surface area contributed by atoms with Gasteiger partial charge in [-0.2, -0.15) is 0 Å². The number of non-ortho nitro benzene ring substituents is 1. The van der Waals surface area contributed by atoms with Crippen LogP contribution in [0.3, 0.4) is 0 Å². The van der Waals surface area contributed by atoms with Crippen LogP contribution in [0.15, 0.2) is 18.2 Å². The minimum atomic E-state index is -0.410. The average Bonchev–Trinajstić information content (AvgIpc) is 2.98. The standard InChI is InChI=1S/C11H13NO4/c1-7-2-3-8(12(14)15)6-9(7)11-10(16-11)4-5-13/h2-3,6,10-11,13H,4-5H2,1H3. The molecule has 1 aromatic carbocycles. The van der Waals surface area contributed by atoms with E-state index in [0.29, 0.717) is 6.42 Å². The lowest BCUT2D eigenvalue weighted by Crippen LogP contribution is -1.96. The molecule has 1 heterocycles. The minimum Gasteiger partial charge on any atom is -0.396 e. The number of aliphatic hydroxyl groups is 1. The van der Waals surface area contributed by atoms with E-state index >= 15 is 0 Å². The fraction of sp³-hybridized carbons (Fsp3) is 0.455. The van der Waals surface area contributed by atoms with Crippen LogP contribution in [-0.4, -0.2) is 22.7 Å². The summed E-state index contributed by atoms with van der Waals surface area (Å²) < 4.78 is 5.38. The number of ether oxygens (including phenoxy) is 1. The molecule has 5 heteroatoms. The third-order valence-corrected chi connectivity index (χ3v) is 2.78. The molecule has 2 rings (SSSR count). The molecule has 2 unspecified atom stereocenters. The van der Waals surface area contributed by atoms with E-state index in [2.05, 4.69) is 0 Å². The minimum absolute atomic E-state index is 0.00528. The van der Waals surface area contributed by atoms with Crippen molar-refractivity contribution in [3.05, 3.63) is 39.4 Å². The number of hydrogen-bond acceptors (Lipinski definition) is 4. The fourth-order valence-electron chi connectivity index (χ4n) is 1.81. The van der Waals surface area contributed by atoms with Gasteiger partial charge in [0.15, 0.2) is 0 Å². The first-order valence-electron chi connectivity index (χ1n) is 5.14. The molecule has 1 aliphatic heterocycles. The normalized spacial score (nSPS) is 23.1. The van der Waals surface area contributed by atoms with Gasteiger partial charge in [0.25, 0.3) is 5.69 Å². The molecule has 5 nitrogen and oxygen atoms in total. The Morgan fingerprint density at radius 3 is 2.94 bits per heavy atom. The monoisotopic (exact) mass is 223 g/mol. The van der Waals surface area contributed by atoms with E-state index in [4.69, 9.17) is 9.84 Å². The van der Waals surface area contributed by atoms with E-state index in [1.54, 1.807) is 12.1 Å². The summed E-state index contributed by atoms with van der Waals surface area (Å²) in [6, 6.07) is 4.77. The highest BCUT2D eigenvalue weighted by atomic mass is 16.6. The van der Waals surface area contributed by atoms with Crippen LogP contribution in [0.2, 0.25) is 0 Å². The molecule has 1 aromatic rings. The Balaban J connectivity index is 2.21. The Morgan fingerprint density at radius 2 is 2.31 bits per heavy atom. The molecular formula is C11H13NO4. The predicted octanol–water partition coefficient (Wildman–Crippen LogP) is 1.73. The summed E-state index contributed by atoms with van der Waals surface area (Å²) in [5.41, 5.74) is 1.92. The number of aliphatic hydroxyl groups excluding tert-OH is 1. The van der Waals surface area contributed by atoms with Crippen LogP contribution >= 0.6 is 0 Å². The van der Waals surface area contributed by atoms with Crippen molar-refractivity contribution in [3.8, 4) is 0 Å². The third kappa shape index (κ3) is 2.05. The van der Waals surface area contributed by atoms with Crippen LogP contribution < -0.4 is 0 Å². The first-order valence-corrected chi connectivity index (χ1v) is 5.14. The van der Waals surface area contributed by atoms with E-state index < -0.39 is 4.92 Å². The van der Waals surface area contributed by atoms with E-state index in [1.807, 2.05) is 6.92 Å². The second-order valence-electron chi connectivity index (χ2n) is 3.91. The Morgan fingerprint density at radius 1 is 1.56 bits per heavy atom. The molecule has 0 saturated carbocycles. The zero-order chi connectivity index (χ0) is 11.7. The smallest absolute Gasteiger partial charge is 0.269 e. The average molecular weight is 223 g/mol. The fourth-order valence-corrected chi connectivity index (χ4v) is 1.81. The largest absolute Gasteiger partial charge is 0.396 e. The number of aryl methyl sites for hydroxylation is 1. The molecule has 0 bridgehead atoms. The maximum absolute atomic E-state index is 10.6. The van der Waals surface area contributed by atoms with Crippen molar-refractivity contribution in [2.45, 2.75) is 25.6 Å². The van der Waals surface area contributed by atoms with Crippen molar-refractivity contribution in [1.29, 1.82) is 0 Å². The van der Waals surface area contributed by atoms with E-state index in [-0.39, 0.29) is 24.5 Å². The van der Waals surface area contributed by atoms with E-state index in [0.717, 1.165) is 11.1 Å². The lowest BCUT2D eigenvalue weighted by atomic mass is 10.0. The van der Waals surface area contributed by atoms with Gasteiger partial charge in [-0.05, 0) is 24.5 Å². The van der Waals surface area contributed by atoms with Crippen molar-refractivity contribution >= 4 is 5.69 Å². The maximum atomic E-state index is 10.6. The lowest BCUT2D eigenvalue weighted by Gasteiger charge is -2.01. The van der Waals surface area contributed by atoms with Gasteiger partial charge in [0.1, 0.15) is 6.10 Å². The molecule has 86 valence electrons. The van der Waals surface area contributed by atoms with Gasteiger partial charge in [-0.3, -0.25) is 10.1 Å². The summed E-state index contributed by atoms with van der Waals surface area (Å²) in [5, 5.41) is 19.4. The Hall–Kier alpha value is -1.46. The zero-order valence-corrected chi connectivity index (χ0v) is 8.92. The van der Waals surface area contributed by atoms with Gasteiger partial charge in [-0.1, -0.05) is 6.07 Å². The van der Waals surface area contributed by atoms with E-state index in [1.165, 1.54) is 6.07 Å². The van der Waals surface area contributed by atoms with Crippen molar-refractivity contribution in [2.24, 2.45) is 0 Å². The zero-order valence-electron chi connectivity index (χ0n) is 8.92. The van der Waals surface area contributed by atoms with Crippen LogP contribution in [0, 0.1) is 17.0 Å². The Bertz CT molecular complexity index is 418. The summed E-state index contributed by atoms with van der Waals surface area (Å²) in [4.78, 5) is 10.2. The SMILES string of the molecule is Cc1ccc([N+](=O)[O-])cc1C1OC1CCO. The highest BCUT2D eigenvalue weighted by molar-refractivity contribution is 5.42. The summed E-state index contributed by atoms with van der Waals surface area (Å²) >= 11 is 0. The highest BCUT2D eigenvalue weighted by Crippen LogP contribution is 2.42. The molecule has 1 N–H and O–H groups in total. The Kier molecular flexibility index (Phi) is 2.89. The summed E-state index contributed by atoms with van der Waals surface area (Å²) in [6.45, 7) is 1.98. The van der Waals surface area contributed by atoms with Gasteiger partial charge < -0.3 is 9.84 Å². The number of epoxide rings is 1. The second-order valence-corrected chi connectivity index (χ2v) is 3.91. The molecule has 0 amide bonds.